The fourth-order valence-corrected chi connectivity index (χ4v) is 1.11. The van der Waals surface area contributed by atoms with Crippen LogP contribution < -0.4 is 5.90 Å². The van der Waals surface area contributed by atoms with Crippen molar-refractivity contribution in [3.8, 4) is 0 Å². The molecular formula is C8H15Cl2N3O2. The third-order valence-electron chi connectivity index (χ3n) is 1.90. The van der Waals surface area contributed by atoms with Gasteiger partial charge in [0, 0.05) is 13.2 Å². The molecular weight excluding hydrogens is 241 g/mol. The molecule has 0 bridgehead atoms. The van der Waals surface area contributed by atoms with Crippen LogP contribution in [0.1, 0.15) is 24.8 Å². The fourth-order valence-electron chi connectivity index (χ4n) is 1.11. The fraction of sp³-hybridized carbons (Fsp3) is 0.500. The van der Waals surface area contributed by atoms with E-state index in [1.165, 1.54) is 0 Å². The summed E-state index contributed by atoms with van der Waals surface area (Å²) < 4.78 is 1.69. The van der Waals surface area contributed by atoms with Crippen molar-refractivity contribution >= 4 is 30.8 Å². The molecule has 0 fully saturated rings. The van der Waals surface area contributed by atoms with E-state index in [1.54, 1.807) is 10.9 Å². The SMILES string of the molecule is CC(CC(=O)ON)c1cnn(C)c1.Cl.Cl. The van der Waals surface area contributed by atoms with Crippen LogP contribution in [-0.2, 0) is 16.7 Å². The van der Waals surface area contributed by atoms with Crippen molar-refractivity contribution in [3.63, 3.8) is 0 Å². The lowest BCUT2D eigenvalue weighted by molar-refractivity contribution is -0.144. The van der Waals surface area contributed by atoms with Crippen LogP contribution in [0, 0.1) is 0 Å². The first-order valence-electron chi connectivity index (χ1n) is 4.01. The molecule has 1 aromatic heterocycles. The second-order valence-electron chi connectivity index (χ2n) is 3.04. The second kappa shape index (κ2) is 7.50. The maximum absolute atomic E-state index is 10.8. The zero-order valence-corrected chi connectivity index (χ0v) is 10.2. The van der Waals surface area contributed by atoms with Crippen molar-refractivity contribution in [1.82, 2.24) is 9.78 Å². The number of nitrogens with two attached hydrogens (primary N) is 1. The standard InChI is InChI=1S/C8H13N3O2.2ClH/c1-6(3-8(12)13-9)7-4-10-11(2)5-7;;/h4-6H,3,9H2,1-2H3;2*1H. The molecule has 2 N–H and O–H groups in total. The minimum atomic E-state index is -0.406. The molecule has 1 rings (SSSR count). The van der Waals surface area contributed by atoms with Gasteiger partial charge in [0.15, 0.2) is 0 Å². The summed E-state index contributed by atoms with van der Waals surface area (Å²) in [5, 5.41) is 4.00. The van der Waals surface area contributed by atoms with E-state index in [0.717, 1.165) is 5.56 Å². The molecule has 1 unspecified atom stereocenters. The van der Waals surface area contributed by atoms with Gasteiger partial charge in [-0.05, 0) is 11.5 Å². The monoisotopic (exact) mass is 255 g/mol. The molecule has 5 nitrogen and oxygen atoms in total. The highest BCUT2D eigenvalue weighted by molar-refractivity contribution is 5.85. The second-order valence-corrected chi connectivity index (χ2v) is 3.04. The molecule has 1 aromatic rings. The highest BCUT2D eigenvalue weighted by Crippen LogP contribution is 2.17. The number of hydrogen-bond acceptors (Lipinski definition) is 4. The van der Waals surface area contributed by atoms with Crippen molar-refractivity contribution in [2.45, 2.75) is 19.3 Å². The Balaban J connectivity index is 0. The number of hydrogen-bond donors (Lipinski definition) is 1. The molecule has 7 heteroatoms. The molecule has 0 aliphatic heterocycles. The van der Waals surface area contributed by atoms with Gasteiger partial charge < -0.3 is 4.84 Å². The van der Waals surface area contributed by atoms with E-state index >= 15 is 0 Å². The summed E-state index contributed by atoms with van der Waals surface area (Å²) in [6, 6.07) is 0. The smallest absolute Gasteiger partial charge is 0.325 e. The van der Waals surface area contributed by atoms with Gasteiger partial charge in [0.2, 0.25) is 0 Å². The van der Waals surface area contributed by atoms with Gasteiger partial charge in [-0.3, -0.25) is 9.48 Å². The number of halogens is 2. The van der Waals surface area contributed by atoms with Gasteiger partial charge >= 0.3 is 5.97 Å². The van der Waals surface area contributed by atoms with Crippen LogP contribution >= 0.6 is 24.8 Å². The first kappa shape index (κ1) is 16.6. The summed E-state index contributed by atoms with van der Waals surface area (Å²) in [4.78, 5) is 14.9. The minimum absolute atomic E-state index is 0. The molecule has 0 saturated heterocycles. The van der Waals surface area contributed by atoms with Gasteiger partial charge in [0.1, 0.15) is 0 Å². The average Bonchev–Trinajstić information content (AvgIpc) is 2.51. The number of aryl methyl sites for hydroxylation is 1. The predicted molar refractivity (Wildman–Crippen MR) is 61.0 cm³/mol. The van der Waals surface area contributed by atoms with Crippen molar-refractivity contribution in [3.05, 3.63) is 18.0 Å². The number of carbonyl (C=O) groups excluding carboxylic acids is 1. The molecule has 1 atom stereocenters. The van der Waals surface area contributed by atoms with Crippen LogP contribution in [-0.4, -0.2) is 15.7 Å². The van der Waals surface area contributed by atoms with Gasteiger partial charge in [0.05, 0.1) is 12.6 Å². The van der Waals surface area contributed by atoms with Crippen LogP contribution in [0.3, 0.4) is 0 Å². The lowest BCUT2D eigenvalue weighted by Crippen LogP contribution is -2.12. The van der Waals surface area contributed by atoms with E-state index in [-0.39, 0.29) is 37.2 Å². The van der Waals surface area contributed by atoms with Crippen LogP contribution in [0.4, 0.5) is 0 Å². The maximum atomic E-state index is 10.8. The predicted octanol–water partition coefficient (Wildman–Crippen LogP) is 1.17. The molecule has 0 aliphatic carbocycles. The first-order valence-corrected chi connectivity index (χ1v) is 4.01. The molecule has 0 aliphatic rings. The number of nitrogens with zero attached hydrogens (tertiary/aromatic N) is 2. The van der Waals surface area contributed by atoms with Crippen LogP contribution in [0.2, 0.25) is 0 Å². The molecule has 0 aromatic carbocycles. The van der Waals surface area contributed by atoms with E-state index < -0.39 is 5.97 Å². The topological polar surface area (TPSA) is 70.1 Å². The van der Waals surface area contributed by atoms with Gasteiger partial charge in [0.25, 0.3) is 0 Å². The van der Waals surface area contributed by atoms with Gasteiger partial charge in [-0.25, -0.2) is 0 Å². The van der Waals surface area contributed by atoms with E-state index in [2.05, 4.69) is 9.94 Å². The summed E-state index contributed by atoms with van der Waals surface area (Å²) in [6.45, 7) is 1.92. The Bertz CT molecular complexity index is 304. The molecule has 1 heterocycles. The lowest BCUT2D eigenvalue weighted by Gasteiger charge is -2.05. The first-order chi connectivity index (χ1) is 6.13. The van der Waals surface area contributed by atoms with Crippen LogP contribution in [0.25, 0.3) is 0 Å². The largest absolute Gasteiger partial charge is 0.373 e. The lowest BCUT2D eigenvalue weighted by atomic mass is 10.0. The summed E-state index contributed by atoms with van der Waals surface area (Å²) in [5.41, 5.74) is 1.01. The van der Waals surface area contributed by atoms with Crippen molar-refractivity contribution in [1.29, 1.82) is 0 Å². The third-order valence-corrected chi connectivity index (χ3v) is 1.90. The summed E-state index contributed by atoms with van der Waals surface area (Å²) >= 11 is 0. The normalized spacial score (nSPS) is 10.9. The van der Waals surface area contributed by atoms with Gasteiger partial charge in [-0.2, -0.15) is 11.0 Å². The van der Waals surface area contributed by atoms with E-state index in [4.69, 9.17) is 5.90 Å². The zero-order valence-electron chi connectivity index (χ0n) is 8.54. The van der Waals surface area contributed by atoms with Crippen molar-refractivity contribution < 1.29 is 9.63 Å². The summed E-state index contributed by atoms with van der Waals surface area (Å²) in [7, 11) is 1.83. The number of aromatic nitrogens is 2. The van der Waals surface area contributed by atoms with Crippen molar-refractivity contribution in [2.24, 2.45) is 12.9 Å². The highest BCUT2D eigenvalue weighted by Gasteiger charge is 2.12. The Morgan fingerprint density at radius 3 is 2.67 bits per heavy atom. The molecule has 0 saturated carbocycles. The Labute approximate surface area is 101 Å². The number of rotatable bonds is 3. The molecule has 15 heavy (non-hydrogen) atoms. The van der Waals surface area contributed by atoms with Crippen molar-refractivity contribution in [2.75, 3.05) is 0 Å². The average molecular weight is 256 g/mol. The van der Waals surface area contributed by atoms with Gasteiger partial charge in [-0.1, -0.05) is 6.92 Å². The Hall–Kier alpha value is -0.780. The van der Waals surface area contributed by atoms with E-state index in [9.17, 15) is 4.79 Å². The van der Waals surface area contributed by atoms with Gasteiger partial charge in [-0.15, -0.1) is 24.8 Å². The maximum Gasteiger partial charge on any atom is 0.325 e. The molecule has 0 spiro atoms. The quantitative estimate of drug-likeness (QED) is 0.824. The van der Waals surface area contributed by atoms with E-state index in [1.807, 2.05) is 20.2 Å². The third kappa shape index (κ3) is 5.01. The summed E-state index contributed by atoms with van der Waals surface area (Å²) in [5.74, 6) is 4.41. The molecule has 88 valence electrons. The Kier molecular flexibility index (Phi) is 8.33. The molecule has 0 radical (unpaired) electrons. The highest BCUT2D eigenvalue weighted by atomic mass is 35.5. The number of carbonyl (C=O) groups is 1. The summed E-state index contributed by atoms with van der Waals surface area (Å²) in [6.07, 6.45) is 3.88. The zero-order chi connectivity index (χ0) is 9.84. The minimum Gasteiger partial charge on any atom is -0.373 e. The van der Waals surface area contributed by atoms with Crippen LogP contribution in [0.15, 0.2) is 12.4 Å². The van der Waals surface area contributed by atoms with Crippen LogP contribution in [0.5, 0.6) is 0 Å². The Morgan fingerprint density at radius 2 is 2.27 bits per heavy atom. The molecule has 0 amide bonds. The van der Waals surface area contributed by atoms with E-state index in [0.29, 0.717) is 0 Å². The Morgan fingerprint density at radius 1 is 1.67 bits per heavy atom.